The highest BCUT2D eigenvalue weighted by molar-refractivity contribution is 7.49. The molecule has 0 bridgehead atoms. The highest BCUT2D eigenvalue weighted by atomic mass is 35.5. The second kappa shape index (κ2) is 6.90. The third-order valence-electron chi connectivity index (χ3n) is 1.86. The Labute approximate surface area is 111 Å². The van der Waals surface area contributed by atoms with Gasteiger partial charge in [0.2, 0.25) is 0 Å². The Kier molecular flexibility index (Phi) is 5.82. The van der Waals surface area contributed by atoms with Gasteiger partial charge in [-0.15, -0.1) is 0 Å². The van der Waals surface area contributed by atoms with E-state index in [0.29, 0.717) is 0 Å². The van der Waals surface area contributed by atoms with Crippen LogP contribution in [0.1, 0.15) is 24.2 Å². The van der Waals surface area contributed by atoms with E-state index in [4.69, 9.17) is 25.2 Å². The van der Waals surface area contributed by atoms with Gasteiger partial charge < -0.3 is 4.52 Å². The number of halogens is 1. The molecule has 100 valence electrons. The van der Waals surface area contributed by atoms with Crippen LogP contribution in [0.2, 0.25) is 5.02 Å². The van der Waals surface area contributed by atoms with Crippen molar-refractivity contribution < 1.29 is 22.9 Å². The van der Waals surface area contributed by atoms with E-state index >= 15 is 0 Å². The molecule has 18 heavy (non-hydrogen) atoms. The molecule has 0 N–H and O–H groups in total. The predicted molar refractivity (Wildman–Crippen MR) is 67.7 cm³/mol. The fourth-order valence-electron chi connectivity index (χ4n) is 1.18. The third kappa shape index (κ3) is 4.10. The Hall–Kier alpha value is -0.870. The summed E-state index contributed by atoms with van der Waals surface area (Å²) >= 11 is 5.83. The Morgan fingerprint density at radius 2 is 1.78 bits per heavy atom. The summed E-state index contributed by atoms with van der Waals surface area (Å²) in [6, 6.07) is 6.29. The van der Waals surface area contributed by atoms with Gasteiger partial charge in [-0.3, -0.25) is 9.05 Å². The molecule has 5 nitrogen and oxygen atoms in total. The monoisotopic (exact) mass is 292 g/mol. The van der Waals surface area contributed by atoms with Crippen molar-refractivity contribution in [2.24, 2.45) is 0 Å². The molecule has 0 spiro atoms. The van der Waals surface area contributed by atoms with Crippen molar-refractivity contribution in [3.63, 3.8) is 0 Å². The van der Waals surface area contributed by atoms with Crippen LogP contribution in [0.4, 0.5) is 0 Å². The molecule has 0 atom stereocenters. The van der Waals surface area contributed by atoms with Gasteiger partial charge in [-0.05, 0) is 26.0 Å². The summed E-state index contributed by atoms with van der Waals surface area (Å²) in [6.07, 6.45) is 0. The van der Waals surface area contributed by atoms with Crippen LogP contribution in [0, 0.1) is 0 Å². The van der Waals surface area contributed by atoms with E-state index in [-0.39, 0.29) is 23.8 Å². The minimum atomic E-state index is -3.87. The molecule has 0 aliphatic heterocycles. The zero-order chi connectivity index (χ0) is 13.6. The predicted octanol–water partition coefficient (Wildman–Crippen LogP) is 3.68. The molecule has 0 fully saturated rings. The van der Waals surface area contributed by atoms with E-state index in [1.165, 1.54) is 12.1 Å². The fourth-order valence-corrected chi connectivity index (χ4v) is 2.51. The maximum atomic E-state index is 12.0. The minimum absolute atomic E-state index is 0.104. The molecule has 1 aromatic carbocycles. The van der Waals surface area contributed by atoms with Crippen molar-refractivity contribution in [1.29, 1.82) is 0 Å². The van der Waals surface area contributed by atoms with E-state index in [9.17, 15) is 9.36 Å². The van der Waals surface area contributed by atoms with Crippen molar-refractivity contribution in [1.82, 2.24) is 0 Å². The normalized spacial score (nSPS) is 11.3. The van der Waals surface area contributed by atoms with Crippen LogP contribution >= 0.6 is 19.4 Å². The molecule has 0 saturated heterocycles. The van der Waals surface area contributed by atoms with Gasteiger partial charge in [0.05, 0.1) is 23.8 Å². The van der Waals surface area contributed by atoms with Crippen LogP contribution in [0.3, 0.4) is 0 Å². The van der Waals surface area contributed by atoms with Gasteiger partial charge in [-0.1, -0.05) is 23.7 Å². The second-order valence-electron chi connectivity index (χ2n) is 3.14. The number of hydrogen-bond acceptors (Lipinski definition) is 5. The van der Waals surface area contributed by atoms with Crippen molar-refractivity contribution in [2.75, 3.05) is 13.2 Å². The summed E-state index contributed by atoms with van der Waals surface area (Å²) in [5.74, 6) is -0.842. The van der Waals surface area contributed by atoms with Crippen LogP contribution < -0.4 is 0 Å². The molecule has 0 unspecified atom stereocenters. The Morgan fingerprint density at radius 1 is 1.22 bits per heavy atom. The Bertz CT molecular complexity index is 453. The first-order valence-corrected chi connectivity index (χ1v) is 7.23. The van der Waals surface area contributed by atoms with E-state index in [1.54, 1.807) is 26.0 Å². The molecule has 0 heterocycles. The van der Waals surface area contributed by atoms with Gasteiger partial charge >= 0.3 is 13.8 Å². The summed E-state index contributed by atoms with van der Waals surface area (Å²) in [4.78, 5) is 11.8. The highest BCUT2D eigenvalue weighted by Gasteiger charge is 2.31. The number of carbonyl (C=O) groups excluding carboxylic acids is 1. The molecular weight excluding hydrogens is 279 g/mol. The lowest BCUT2D eigenvalue weighted by Crippen LogP contribution is -2.08. The Morgan fingerprint density at radius 3 is 2.28 bits per heavy atom. The van der Waals surface area contributed by atoms with Gasteiger partial charge in [-0.25, -0.2) is 9.36 Å². The first-order chi connectivity index (χ1) is 8.52. The average molecular weight is 293 g/mol. The van der Waals surface area contributed by atoms with Gasteiger partial charge in [0.25, 0.3) is 0 Å². The molecule has 0 saturated carbocycles. The number of phosphoric acid groups is 1. The number of carbonyl (C=O) groups is 1. The van der Waals surface area contributed by atoms with Crippen LogP contribution in [0.15, 0.2) is 24.3 Å². The van der Waals surface area contributed by atoms with Gasteiger partial charge in [0.15, 0.2) is 0 Å². The molecule has 1 rings (SSSR count). The lowest BCUT2D eigenvalue weighted by Gasteiger charge is -2.15. The smallest absolute Gasteiger partial charge is 0.367 e. The molecule has 0 radical (unpaired) electrons. The molecular formula is C11H14ClO5P. The van der Waals surface area contributed by atoms with Crippen molar-refractivity contribution in [2.45, 2.75) is 13.8 Å². The standard InChI is InChI=1S/C11H14ClO5P/c1-3-15-18(14,16-4-2)17-11(13)9-7-5-6-8-10(9)12/h5-8H,3-4H2,1-2H3. The summed E-state index contributed by atoms with van der Waals surface area (Å²) in [5, 5.41) is 0.210. The number of phosphoric ester groups is 1. The molecule has 0 amide bonds. The summed E-state index contributed by atoms with van der Waals surface area (Å²) in [5.41, 5.74) is 0.110. The lowest BCUT2D eigenvalue weighted by atomic mass is 10.2. The van der Waals surface area contributed by atoms with Crippen LogP contribution in [-0.4, -0.2) is 19.2 Å². The first-order valence-electron chi connectivity index (χ1n) is 5.40. The quantitative estimate of drug-likeness (QED) is 0.748. The molecule has 1 aromatic rings. The maximum Gasteiger partial charge on any atom is 0.532 e. The highest BCUT2D eigenvalue weighted by Crippen LogP contribution is 2.50. The fraction of sp³-hybridized carbons (Fsp3) is 0.364. The van der Waals surface area contributed by atoms with Gasteiger partial charge in [0, 0.05) is 0 Å². The SMILES string of the molecule is CCOP(=O)(OCC)OC(=O)c1ccccc1Cl. The van der Waals surface area contributed by atoms with Crippen molar-refractivity contribution in [3.8, 4) is 0 Å². The maximum absolute atomic E-state index is 12.0. The van der Waals surface area contributed by atoms with Crippen LogP contribution in [0.25, 0.3) is 0 Å². The second-order valence-corrected chi connectivity index (χ2v) is 5.14. The van der Waals surface area contributed by atoms with Crippen LogP contribution in [-0.2, 0) is 18.1 Å². The first kappa shape index (κ1) is 15.2. The van der Waals surface area contributed by atoms with Crippen molar-refractivity contribution >= 4 is 25.4 Å². The average Bonchev–Trinajstić information content (AvgIpc) is 2.29. The van der Waals surface area contributed by atoms with Crippen molar-refractivity contribution in [3.05, 3.63) is 34.9 Å². The van der Waals surface area contributed by atoms with Gasteiger partial charge in [-0.2, -0.15) is 0 Å². The number of benzene rings is 1. The summed E-state index contributed by atoms with van der Waals surface area (Å²) < 4.78 is 26.4. The van der Waals surface area contributed by atoms with E-state index < -0.39 is 13.8 Å². The van der Waals surface area contributed by atoms with E-state index in [1.807, 2.05) is 0 Å². The van der Waals surface area contributed by atoms with E-state index in [2.05, 4.69) is 0 Å². The molecule has 0 aromatic heterocycles. The lowest BCUT2D eigenvalue weighted by molar-refractivity contribution is 0.0606. The summed E-state index contributed by atoms with van der Waals surface area (Å²) in [6.45, 7) is 3.45. The largest absolute Gasteiger partial charge is 0.532 e. The minimum Gasteiger partial charge on any atom is -0.367 e. The third-order valence-corrected chi connectivity index (χ3v) is 3.73. The van der Waals surface area contributed by atoms with E-state index in [0.717, 1.165) is 0 Å². The molecule has 0 aliphatic rings. The molecule has 7 heteroatoms. The van der Waals surface area contributed by atoms with Gasteiger partial charge in [0.1, 0.15) is 0 Å². The van der Waals surface area contributed by atoms with Crippen LogP contribution in [0.5, 0.6) is 0 Å². The zero-order valence-corrected chi connectivity index (χ0v) is 11.7. The number of hydrogen-bond donors (Lipinski definition) is 0. The summed E-state index contributed by atoms with van der Waals surface area (Å²) in [7, 11) is -3.87. The topological polar surface area (TPSA) is 61.8 Å². The molecule has 0 aliphatic carbocycles. The number of rotatable bonds is 6. The zero-order valence-electron chi connectivity index (χ0n) is 10.1. The Balaban J connectivity index is 2.85.